The van der Waals surface area contributed by atoms with Crippen LogP contribution in [0.3, 0.4) is 0 Å². The SMILES string of the molecule is CC1(c2ccc(Cl)cn2)Oc2cccc(C3CCN(Cc4nc5sc(C(=O)O)cc5n4C[C@@H]4CCO4)CC3)c2O1. The van der Waals surface area contributed by atoms with Crippen molar-refractivity contribution in [3.63, 3.8) is 0 Å². The Kier molecular flexibility index (Phi) is 6.46. The number of carboxylic acids is 1. The lowest BCUT2D eigenvalue weighted by atomic mass is 9.88. The number of fused-ring (bicyclic) bond motifs is 2. The number of thiophene rings is 1. The van der Waals surface area contributed by atoms with Crippen molar-refractivity contribution in [1.82, 2.24) is 19.4 Å². The van der Waals surface area contributed by atoms with Crippen molar-refractivity contribution in [3.05, 3.63) is 69.6 Å². The molecule has 1 N–H and O–H groups in total. The van der Waals surface area contributed by atoms with Crippen molar-refractivity contribution >= 4 is 39.3 Å². The van der Waals surface area contributed by atoms with Crippen LogP contribution in [0.25, 0.3) is 10.3 Å². The lowest BCUT2D eigenvalue weighted by Gasteiger charge is -2.33. The van der Waals surface area contributed by atoms with Gasteiger partial charge < -0.3 is 23.9 Å². The molecule has 1 unspecified atom stereocenters. The standard InChI is InChI=1S/C29H29ClN4O5S/c1-29(24-6-5-18(30)14-31-24)38-22-4-2-3-20(26(22)39-29)17-7-10-33(11-8-17)16-25-32-27-21(13-23(40-27)28(35)36)34(25)15-19-9-12-37-19/h2-6,13-14,17,19H,7-12,15-16H2,1H3,(H,35,36)/t19-,29?/m0/s1. The van der Waals surface area contributed by atoms with Gasteiger partial charge in [0.25, 0.3) is 5.79 Å². The molecule has 0 spiro atoms. The highest BCUT2D eigenvalue weighted by molar-refractivity contribution is 7.20. The van der Waals surface area contributed by atoms with Gasteiger partial charge in [0.1, 0.15) is 21.2 Å². The molecule has 40 heavy (non-hydrogen) atoms. The van der Waals surface area contributed by atoms with E-state index < -0.39 is 11.8 Å². The van der Waals surface area contributed by atoms with Gasteiger partial charge in [0.05, 0.1) is 29.7 Å². The molecule has 1 aromatic carbocycles. The number of likely N-dealkylation sites (tertiary alicyclic amines) is 1. The minimum Gasteiger partial charge on any atom is -0.477 e. The predicted octanol–water partition coefficient (Wildman–Crippen LogP) is 5.66. The lowest BCUT2D eigenvalue weighted by molar-refractivity contribution is -0.0722. The fourth-order valence-corrected chi connectivity index (χ4v) is 6.85. The molecule has 9 nitrogen and oxygen atoms in total. The number of ether oxygens (including phenoxy) is 3. The van der Waals surface area contributed by atoms with Crippen molar-refractivity contribution in [2.75, 3.05) is 19.7 Å². The number of halogens is 1. The quantitative estimate of drug-likeness (QED) is 0.299. The molecule has 3 aromatic heterocycles. The fourth-order valence-electron chi connectivity index (χ4n) is 5.84. The molecule has 0 radical (unpaired) electrons. The van der Waals surface area contributed by atoms with E-state index in [4.69, 9.17) is 30.8 Å². The van der Waals surface area contributed by atoms with Gasteiger partial charge in [0.2, 0.25) is 0 Å². The van der Waals surface area contributed by atoms with Crippen LogP contribution < -0.4 is 9.47 Å². The van der Waals surface area contributed by atoms with E-state index >= 15 is 0 Å². The van der Waals surface area contributed by atoms with Crippen molar-refractivity contribution in [2.45, 2.75) is 57.1 Å². The van der Waals surface area contributed by atoms with Crippen LogP contribution >= 0.6 is 22.9 Å². The number of hydrogen-bond acceptors (Lipinski definition) is 8. The van der Waals surface area contributed by atoms with Crippen LogP contribution in [0, 0.1) is 0 Å². The number of para-hydroxylation sites is 1. The van der Waals surface area contributed by atoms with E-state index in [1.807, 2.05) is 25.1 Å². The third kappa shape index (κ3) is 4.62. The molecule has 2 saturated heterocycles. The largest absolute Gasteiger partial charge is 0.477 e. The number of pyridine rings is 1. The second kappa shape index (κ2) is 10.0. The van der Waals surface area contributed by atoms with Crippen molar-refractivity contribution in [2.24, 2.45) is 0 Å². The maximum absolute atomic E-state index is 11.5. The van der Waals surface area contributed by atoms with Crippen molar-refractivity contribution in [3.8, 4) is 11.5 Å². The van der Waals surface area contributed by atoms with E-state index in [9.17, 15) is 9.90 Å². The summed E-state index contributed by atoms with van der Waals surface area (Å²) in [4.78, 5) is 24.3. The molecular formula is C29H29ClN4O5S. The van der Waals surface area contributed by atoms with Gasteiger partial charge in [-0.15, -0.1) is 11.3 Å². The number of aromatic nitrogens is 3. The first-order chi connectivity index (χ1) is 19.4. The Bertz CT molecular complexity index is 1580. The summed E-state index contributed by atoms with van der Waals surface area (Å²) in [6.07, 6.45) is 4.75. The third-order valence-corrected chi connectivity index (χ3v) is 9.34. The number of hydrogen-bond donors (Lipinski definition) is 1. The van der Waals surface area contributed by atoms with Crippen LogP contribution in [0.15, 0.2) is 42.6 Å². The number of imidazole rings is 1. The normalized spacial score (nSPS) is 23.0. The van der Waals surface area contributed by atoms with Crippen molar-refractivity contribution in [1.29, 1.82) is 0 Å². The van der Waals surface area contributed by atoms with Crippen LogP contribution in [0.4, 0.5) is 0 Å². The van der Waals surface area contributed by atoms with Crippen LogP contribution in [0.2, 0.25) is 5.02 Å². The molecule has 6 heterocycles. The molecule has 0 aliphatic carbocycles. The van der Waals surface area contributed by atoms with E-state index in [0.29, 0.717) is 28.1 Å². The second-order valence-electron chi connectivity index (χ2n) is 10.8. The summed E-state index contributed by atoms with van der Waals surface area (Å²) < 4.78 is 20.6. The van der Waals surface area contributed by atoms with E-state index in [-0.39, 0.29) is 6.10 Å². The minimum atomic E-state index is -1.00. The summed E-state index contributed by atoms with van der Waals surface area (Å²) in [5.74, 6) is 0.935. The molecule has 2 atom stereocenters. The Balaban J connectivity index is 1.06. The average Bonchev–Trinajstić information content (AvgIpc) is 3.58. The minimum absolute atomic E-state index is 0.159. The summed E-state index contributed by atoms with van der Waals surface area (Å²) in [6, 6.07) is 11.5. The molecule has 7 rings (SSSR count). The first-order valence-corrected chi connectivity index (χ1v) is 14.7. The number of piperidine rings is 1. The van der Waals surface area contributed by atoms with E-state index in [1.165, 1.54) is 16.9 Å². The second-order valence-corrected chi connectivity index (χ2v) is 12.2. The first-order valence-electron chi connectivity index (χ1n) is 13.6. The van der Waals surface area contributed by atoms with Gasteiger partial charge in [-0.2, -0.15) is 0 Å². The van der Waals surface area contributed by atoms with Crippen molar-refractivity contribution < 1.29 is 24.1 Å². The Morgan fingerprint density at radius 3 is 2.73 bits per heavy atom. The molecule has 0 amide bonds. The Morgan fingerprint density at radius 2 is 2.02 bits per heavy atom. The maximum atomic E-state index is 11.5. The van der Waals surface area contributed by atoms with Crippen LogP contribution in [0.5, 0.6) is 11.5 Å². The summed E-state index contributed by atoms with van der Waals surface area (Å²) in [5.41, 5.74) is 2.73. The molecule has 3 aliphatic heterocycles. The molecule has 4 aromatic rings. The number of carboxylic acid groups (broad SMARTS) is 1. The van der Waals surface area contributed by atoms with Gasteiger partial charge in [0.15, 0.2) is 11.5 Å². The summed E-state index contributed by atoms with van der Waals surface area (Å²) >= 11 is 7.27. The molecule has 208 valence electrons. The molecule has 0 bridgehead atoms. The molecule has 2 fully saturated rings. The zero-order chi connectivity index (χ0) is 27.4. The summed E-state index contributed by atoms with van der Waals surface area (Å²) in [7, 11) is 0. The number of aromatic carboxylic acids is 1. The van der Waals surface area contributed by atoms with Gasteiger partial charge >= 0.3 is 5.97 Å². The third-order valence-electron chi connectivity index (χ3n) is 8.11. The topological polar surface area (TPSA) is 98.9 Å². The van der Waals surface area contributed by atoms with E-state index in [2.05, 4.69) is 20.5 Å². The van der Waals surface area contributed by atoms with Crippen LogP contribution in [-0.2, 0) is 23.6 Å². The summed E-state index contributed by atoms with van der Waals surface area (Å²) in [6.45, 7) is 5.93. The zero-order valence-corrected chi connectivity index (χ0v) is 23.6. The Morgan fingerprint density at radius 1 is 1.20 bits per heavy atom. The predicted molar refractivity (Wildman–Crippen MR) is 150 cm³/mol. The number of nitrogens with zero attached hydrogens (tertiary/aromatic N) is 4. The highest BCUT2D eigenvalue weighted by Crippen LogP contribution is 2.49. The number of rotatable bonds is 7. The molecule has 3 aliphatic rings. The fraction of sp³-hybridized carbons (Fsp3) is 0.414. The highest BCUT2D eigenvalue weighted by Gasteiger charge is 2.42. The maximum Gasteiger partial charge on any atom is 0.346 e. The first kappa shape index (κ1) is 25.8. The highest BCUT2D eigenvalue weighted by atomic mass is 35.5. The van der Waals surface area contributed by atoms with Gasteiger partial charge in [0, 0.05) is 25.3 Å². The van der Waals surface area contributed by atoms with Gasteiger partial charge in [-0.25, -0.2) is 9.78 Å². The number of carbonyl (C=O) groups is 1. The molecule has 11 heteroatoms. The average molecular weight is 581 g/mol. The summed E-state index contributed by atoms with van der Waals surface area (Å²) in [5, 5.41) is 10.0. The monoisotopic (exact) mass is 580 g/mol. The lowest BCUT2D eigenvalue weighted by Crippen LogP contribution is -2.35. The smallest absolute Gasteiger partial charge is 0.346 e. The Hall–Kier alpha value is -3.18. The van der Waals surface area contributed by atoms with Gasteiger partial charge in [-0.1, -0.05) is 23.7 Å². The van der Waals surface area contributed by atoms with Gasteiger partial charge in [-0.05, 0) is 62.5 Å². The van der Waals surface area contributed by atoms with Gasteiger partial charge in [-0.3, -0.25) is 9.88 Å². The van der Waals surface area contributed by atoms with Crippen LogP contribution in [0.1, 0.15) is 58.9 Å². The Labute approximate surface area is 240 Å². The molecule has 0 saturated carbocycles. The number of benzene rings is 1. The van der Waals surface area contributed by atoms with E-state index in [1.54, 1.807) is 18.3 Å². The zero-order valence-electron chi connectivity index (χ0n) is 22.0. The molecular weight excluding hydrogens is 552 g/mol. The van der Waals surface area contributed by atoms with E-state index in [0.717, 1.165) is 73.2 Å². The van der Waals surface area contributed by atoms with Crippen LogP contribution in [-0.4, -0.2) is 56.3 Å².